The minimum absolute atomic E-state index is 0.0495. The van der Waals surface area contributed by atoms with Gasteiger partial charge in [-0.25, -0.2) is 0 Å². The standard InChI is InChI=1S/C18H22Cl2N2O4/c1-10(14-8-21-17(23)18(24)22-14)9-25-16-4-2-3-15(26-16)11-5-6-12(19)13(20)7-11/h5-7,10,14-16H,2-4,8-9H2,1H3,(H,21,23)(H,22,24). The molecule has 2 amide bonds. The number of benzene rings is 1. The Hall–Kier alpha value is -1.34. The predicted molar refractivity (Wildman–Crippen MR) is 98.0 cm³/mol. The van der Waals surface area contributed by atoms with E-state index in [1.165, 1.54) is 0 Å². The average Bonchev–Trinajstić information content (AvgIpc) is 2.64. The van der Waals surface area contributed by atoms with E-state index in [1.807, 2.05) is 19.1 Å². The molecular weight excluding hydrogens is 379 g/mol. The van der Waals surface area contributed by atoms with Crippen molar-refractivity contribution in [1.29, 1.82) is 0 Å². The van der Waals surface area contributed by atoms with Crippen LogP contribution in [0.25, 0.3) is 0 Å². The van der Waals surface area contributed by atoms with Gasteiger partial charge in [0.15, 0.2) is 6.29 Å². The number of carbonyl (C=O) groups excluding carboxylic acids is 2. The Morgan fingerprint density at radius 3 is 2.77 bits per heavy atom. The molecule has 142 valence electrons. The van der Waals surface area contributed by atoms with E-state index < -0.39 is 11.8 Å². The normalized spacial score (nSPS) is 27.6. The zero-order chi connectivity index (χ0) is 18.7. The van der Waals surface area contributed by atoms with Crippen LogP contribution in [0.3, 0.4) is 0 Å². The lowest BCUT2D eigenvalue weighted by Gasteiger charge is -2.33. The summed E-state index contributed by atoms with van der Waals surface area (Å²) >= 11 is 12.1. The Labute approximate surface area is 162 Å². The molecule has 4 unspecified atom stereocenters. The van der Waals surface area contributed by atoms with E-state index in [0.717, 1.165) is 24.8 Å². The van der Waals surface area contributed by atoms with Crippen molar-refractivity contribution < 1.29 is 19.1 Å². The highest BCUT2D eigenvalue weighted by Crippen LogP contribution is 2.34. The van der Waals surface area contributed by atoms with Gasteiger partial charge in [0, 0.05) is 12.5 Å². The Bertz CT molecular complexity index is 685. The van der Waals surface area contributed by atoms with Gasteiger partial charge in [0.1, 0.15) is 0 Å². The van der Waals surface area contributed by atoms with Crippen molar-refractivity contribution in [2.24, 2.45) is 5.92 Å². The average molecular weight is 401 g/mol. The minimum Gasteiger partial charge on any atom is -0.352 e. The van der Waals surface area contributed by atoms with Crippen LogP contribution in [-0.4, -0.2) is 37.3 Å². The zero-order valence-electron chi connectivity index (χ0n) is 14.5. The number of hydrogen-bond acceptors (Lipinski definition) is 4. The summed E-state index contributed by atoms with van der Waals surface area (Å²) in [5, 5.41) is 6.31. The molecule has 0 bridgehead atoms. The van der Waals surface area contributed by atoms with Gasteiger partial charge >= 0.3 is 11.8 Å². The Morgan fingerprint density at radius 2 is 2.04 bits per heavy atom. The van der Waals surface area contributed by atoms with E-state index in [1.54, 1.807) is 6.07 Å². The van der Waals surface area contributed by atoms with Gasteiger partial charge in [-0.05, 0) is 37.0 Å². The second kappa shape index (κ2) is 8.57. The Balaban J connectivity index is 1.51. The van der Waals surface area contributed by atoms with Crippen LogP contribution in [0.1, 0.15) is 37.9 Å². The fourth-order valence-electron chi connectivity index (χ4n) is 3.16. The molecule has 0 spiro atoms. The summed E-state index contributed by atoms with van der Waals surface area (Å²) in [5.74, 6) is -1.13. The van der Waals surface area contributed by atoms with Crippen molar-refractivity contribution in [3.05, 3.63) is 33.8 Å². The highest BCUT2D eigenvalue weighted by molar-refractivity contribution is 6.42. The van der Waals surface area contributed by atoms with Crippen molar-refractivity contribution in [2.75, 3.05) is 13.2 Å². The van der Waals surface area contributed by atoms with Crippen LogP contribution in [0.2, 0.25) is 10.0 Å². The molecule has 0 saturated carbocycles. The molecule has 8 heteroatoms. The number of rotatable bonds is 5. The number of nitrogens with one attached hydrogen (secondary N) is 2. The maximum atomic E-state index is 11.5. The number of halogens is 2. The second-order valence-electron chi connectivity index (χ2n) is 6.76. The number of hydrogen-bond donors (Lipinski definition) is 2. The molecule has 0 aromatic heterocycles. The molecule has 1 aromatic rings. The monoisotopic (exact) mass is 400 g/mol. The molecule has 2 fully saturated rings. The van der Waals surface area contributed by atoms with Crippen molar-refractivity contribution in [1.82, 2.24) is 10.6 Å². The van der Waals surface area contributed by atoms with Crippen molar-refractivity contribution >= 4 is 35.0 Å². The molecular formula is C18H22Cl2N2O4. The van der Waals surface area contributed by atoms with Gasteiger partial charge in [-0.15, -0.1) is 0 Å². The van der Waals surface area contributed by atoms with E-state index in [4.69, 9.17) is 32.7 Å². The lowest BCUT2D eigenvalue weighted by Crippen LogP contribution is -2.58. The maximum Gasteiger partial charge on any atom is 0.309 e. The van der Waals surface area contributed by atoms with Gasteiger partial charge in [-0.3, -0.25) is 9.59 Å². The molecule has 4 atom stereocenters. The third-order valence-corrected chi connectivity index (χ3v) is 5.51. The first-order chi connectivity index (χ1) is 12.4. The highest BCUT2D eigenvalue weighted by Gasteiger charge is 2.30. The smallest absolute Gasteiger partial charge is 0.309 e. The molecule has 2 saturated heterocycles. The number of amides is 2. The Kier molecular flexibility index (Phi) is 6.40. The van der Waals surface area contributed by atoms with Gasteiger partial charge in [-0.2, -0.15) is 0 Å². The number of carbonyl (C=O) groups is 2. The summed E-state index contributed by atoms with van der Waals surface area (Å²) < 4.78 is 12.0. The largest absolute Gasteiger partial charge is 0.352 e. The van der Waals surface area contributed by atoms with E-state index in [9.17, 15) is 9.59 Å². The van der Waals surface area contributed by atoms with E-state index in [0.29, 0.717) is 23.2 Å². The molecule has 0 radical (unpaired) electrons. The second-order valence-corrected chi connectivity index (χ2v) is 7.57. The predicted octanol–water partition coefficient (Wildman–Crippen LogP) is 2.83. The van der Waals surface area contributed by atoms with Gasteiger partial charge in [0.2, 0.25) is 0 Å². The van der Waals surface area contributed by atoms with E-state index in [-0.39, 0.29) is 24.4 Å². The van der Waals surface area contributed by atoms with Crippen LogP contribution in [-0.2, 0) is 19.1 Å². The van der Waals surface area contributed by atoms with Crippen LogP contribution >= 0.6 is 23.2 Å². The summed E-state index contributed by atoms with van der Waals surface area (Å²) in [6, 6.07) is 5.38. The summed E-state index contributed by atoms with van der Waals surface area (Å²) in [7, 11) is 0. The third kappa shape index (κ3) is 4.68. The molecule has 1 aromatic carbocycles. The van der Waals surface area contributed by atoms with Gasteiger partial charge in [-0.1, -0.05) is 36.2 Å². The molecule has 0 aliphatic carbocycles. The van der Waals surface area contributed by atoms with Crippen LogP contribution in [0, 0.1) is 5.92 Å². The number of piperazine rings is 1. The van der Waals surface area contributed by atoms with Crippen LogP contribution in [0.4, 0.5) is 0 Å². The van der Waals surface area contributed by atoms with Gasteiger partial charge < -0.3 is 20.1 Å². The summed E-state index contributed by atoms with van der Waals surface area (Å²) in [4.78, 5) is 22.6. The first-order valence-electron chi connectivity index (χ1n) is 8.74. The van der Waals surface area contributed by atoms with Crippen LogP contribution in [0.5, 0.6) is 0 Å². The molecule has 6 nitrogen and oxygen atoms in total. The first kappa shape index (κ1) is 19.4. The molecule has 26 heavy (non-hydrogen) atoms. The van der Waals surface area contributed by atoms with Gasteiger partial charge in [0.25, 0.3) is 0 Å². The summed E-state index contributed by atoms with van der Waals surface area (Å²) in [6.07, 6.45) is 2.32. The van der Waals surface area contributed by atoms with E-state index in [2.05, 4.69) is 10.6 Å². The quantitative estimate of drug-likeness (QED) is 0.744. The van der Waals surface area contributed by atoms with Crippen molar-refractivity contribution in [3.63, 3.8) is 0 Å². The van der Waals surface area contributed by atoms with Crippen LogP contribution in [0.15, 0.2) is 18.2 Å². The highest BCUT2D eigenvalue weighted by atomic mass is 35.5. The van der Waals surface area contributed by atoms with Gasteiger partial charge in [0.05, 0.1) is 28.8 Å². The zero-order valence-corrected chi connectivity index (χ0v) is 16.0. The summed E-state index contributed by atoms with van der Waals surface area (Å²) in [6.45, 7) is 2.81. The first-order valence-corrected chi connectivity index (χ1v) is 9.50. The Morgan fingerprint density at radius 1 is 1.23 bits per heavy atom. The molecule has 2 aliphatic rings. The molecule has 2 aliphatic heterocycles. The lowest BCUT2D eigenvalue weighted by molar-refractivity contribution is -0.201. The lowest BCUT2D eigenvalue weighted by atomic mass is 10.00. The third-order valence-electron chi connectivity index (χ3n) is 4.77. The van der Waals surface area contributed by atoms with E-state index >= 15 is 0 Å². The molecule has 2 heterocycles. The van der Waals surface area contributed by atoms with Crippen molar-refractivity contribution in [3.8, 4) is 0 Å². The van der Waals surface area contributed by atoms with Crippen LogP contribution < -0.4 is 10.6 Å². The topological polar surface area (TPSA) is 76.7 Å². The molecule has 3 rings (SSSR count). The SMILES string of the molecule is CC(COC1CCCC(c2ccc(Cl)c(Cl)c2)O1)C1CNC(=O)C(=O)N1. The fourth-order valence-corrected chi connectivity index (χ4v) is 3.46. The minimum atomic E-state index is -0.596. The summed E-state index contributed by atoms with van der Waals surface area (Å²) in [5.41, 5.74) is 0.989. The number of ether oxygens (including phenoxy) is 2. The maximum absolute atomic E-state index is 11.5. The van der Waals surface area contributed by atoms with Crippen molar-refractivity contribution in [2.45, 2.75) is 44.6 Å². The molecule has 2 N–H and O–H groups in total. The fraction of sp³-hybridized carbons (Fsp3) is 0.556.